The van der Waals surface area contributed by atoms with Gasteiger partial charge in [0.25, 0.3) is 0 Å². The first-order chi connectivity index (χ1) is 25.4. The van der Waals surface area contributed by atoms with Crippen molar-refractivity contribution < 1.29 is 28.6 Å². The van der Waals surface area contributed by atoms with Gasteiger partial charge in [-0.15, -0.1) is 0 Å². The van der Waals surface area contributed by atoms with E-state index in [0.29, 0.717) is 19.3 Å². The number of ether oxygens (including phenoxy) is 3. The van der Waals surface area contributed by atoms with Crippen molar-refractivity contribution in [3.05, 3.63) is 0 Å². The van der Waals surface area contributed by atoms with Crippen LogP contribution in [-0.2, 0) is 28.6 Å². The second-order valence-electron chi connectivity index (χ2n) is 15.9. The Bertz CT molecular complexity index is 783. The Kier molecular flexibility index (Phi) is 39.4. The van der Waals surface area contributed by atoms with Gasteiger partial charge >= 0.3 is 17.9 Å². The summed E-state index contributed by atoms with van der Waals surface area (Å²) in [5.74, 6) is -0.0164. The minimum Gasteiger partial charge on any atom is -0.462 e. The van der Waals surface area contributed by atoms with Crippen LogP contribution in [0.25, 0.3) is 0 Å². The molecule has 0 rings (SSSR count). The van der Waals surface area contributed by atoms with E-state index in [-0.39, 0.29) is 31.1 Å². The summed E-state index contributed by atoms with van der Waals surface area (Å²) in [6.07, 6.45) is 39.5. The highest BCUT2D eigenvalue weighted by atomic mass is 16.6. The molecule has 1 unspecified atom stereocenters. The number of esters is 3. The number of unbranched alkanes of at least 4 members (excludes halogenated alkanes) is 27. The van der Waals surface area contributed by atoms with Crippen molar-refractivity contribution in [1.29, 1.82) is 0 Å². The van der Waals surface area contributed by atoms with Gasteiger partial charge in [-0.1, -0.05) is 214 Å². The van der Waals surface area contributed by atoms with Crippen LogP contribution in [0, 0.1) is 5.92 Å². The lowest BCUT2D eigenvalue weighted by Gasteiger charge is -2.18. The SMILES string of the molecule is CCCCCCCCCCCCCCCCCC(=O)OC[C@H](COC(=O)CCCCCCCCC)OC(=O)CCCCCCCCCCC(C)CC. The predicted octanol–water partition coefficient (Wildman–Crippen LogP) is 14.3. The van der Waals surface area contributed by atoms with Crippen molar-refractivity contribution in [2.75, 3.05) is 13.2 Å². The average Bonchev–Trinajstić information content (AvgIpc) is 3.14. The molecule has 0 fully saturated rings. The van der Waals surface area contributed by atoms with Gasteiger partial charge in [-0.2, -0.15) is 0 Å². The van der Waals surface area contributed by atoms with Gasteiger partial charge in [-0.25, -0.2) is 0 Å². The molecule has 0 spiro atoms. The standard InChI is InChI=1S/C46H88O6/c1-5-8-10-12-14-15-16-17-18-19-20-21-26-30-34-38-45(48)51-41-43(40-50-44(47)37-33-29-24-13-11-9-6-2)52-46(49)39-35-31-27-23-22-25-28-32-36-42(4)7-3/h42-43H,5-41H2,1-4H3/t42?,43-/m0/s1. The van der Waals surface area contributed by atoms with Crippen LogP contribution in [0.15, 0.2) is 0 Å². The lowest BCUT2D eigenvalue weighted by Crippen LogP contribution is -2.30. The summed E-state index contributed by atoms with van der Waals surface area (Å²) in [7, 11) is 0. The number of carbonyl (C=O) groups excluding carboxylic acids is 3. The second kappa shape index (κ2) is 40.6. The van der Waals surface area contributed by atoms with Crippen LogP contribution in [-0.4, -0.2) is 37.2 Å². The molecular weight excluding hydrogens is 648 g/mol. The van der Waals surface area contributed by atoms with Gasteiger partial charge < -0.3 is 14.2 Å². The molecule has 52 heavy (non-hydrogen) atoms. The maximum absolute atomic E-state index is 12.7. The van der Waals surface area contributed by atoms with Gasteiger partial charge in [0.15, 0.2) is 6.10 Å². The van der Waals surface area contributed by atoms with E-state index in [1.54, 1.807) is 0 Å². The molecule has 6 heteroatoms. The summed E-state index contributed by atoms with van der Waals surface area (Å²) >= 11 is 0. The molecule has 0 radical (unpaired) electrons. The fourth-order valence-electron chi connectivity index (χ4n) is 6.77. The van der Waals surface area contributed by atoms with Crippen molar-refractivity contribution >= 4 is 17.9 Å². The van der Waals surface area contributed by atoms with E-state index in [4.69, 9.17) is 14.2 Å². The Balaban J connectivity index is 4.26. The summed E-state index contributed by atoms with van der Waals surface area (Å²) in [4.78, 5) is 37.6. The molecule has 0 aliphatic rings. The number of hydrogen-bond acceptors (Lipinski definition) is 6. The van der Waals surface area contributed by atoms with Gasteiger partial charge in [0.1, 0.15) is 13.2 Å². The van der Waals surface area contributed by atoms with E-state index in [1.165, 1.54) is 148 Å². The molecule has 0 aromatic carbocycles. The lowest BCUT2D eigenvalue weighted by atomic mass is 9.99. The van der Waals surface area contributed by atoms with Crippen LogP contribution < -0.4 is 0 Å². The monoisotopic (exact) mass is 737 g/mol. The van der Waals surface area contributed by atoms with Gasteiger partial charge in [-0.05, 0) is 25.2 Å². The summed E-state index contributed by atoms with van der Waals surface area (Å²) in [5.41, 5.74) is 0. The molecule has 6 nitrogen and oxygen atoms in total. The van der Waals surface area contributed by atoms with Crippen LogP contribution in [0.2, 0.25) is 0 Å². The molecule has 0 aliphatic carbocycles. The molecule has 0 aromatic heterocycles. The van der Waals surface area contributed by atoms with Crippen molar-refractivity contribution in [2.45, 2.75) is 259 Å². The maximum Gasteiger partial charge on any atom is 0.306 e. The Hall–Kier alpha value is -1.59. The highest BCUT2D eigenvalue weighted by molar-refractivity contribution is 5.71. The summed E-state index contributed by atoms with van der Waals surface area (Å²) in [6, 6.07) is 0. The Morgan fingerprint density at radius 1 is 0.385 bits per heavy atom. The molecule has 0 N–H and O–H groups in total. The molecule has 308 valence electrons. The molecule has 0 amide bonds. The smallest absolute Gasteiger partial charge is 0.306 e. The molecule has 0 aromatic rings. The highest BCUT2D eigenvalue weighted by Crippen LogP contribution is 2.17. The quantitative estimate of drug-likeness (QED) is 0.0353. The minimum atomic E-state index is -0.758. The van der Waals surface area contributed by atoms with Gasteiger partial charge in [0.05, 0.1) is 0 Å². The Morgan fingerprint density at radius 2 is 0.673 bits per heavy atom. The summed E-state index contributed by atoms with van der Waals surface area (Å²) in [5, 5.41) is 0. The number of hydrogen-bond donors (Lipinski definition) is 0. The van der Waals surface area contributed by atoms with E-state index < -0.39 is 6.10 Å². The second-order valence-corrected chi connectivity index (χ2v) is 15.9. The van der Waals surface area contributed by atoms with Crippen LogP contribution in [0.5, 0.6) is 0 Å². The molecule has 0 saturated heterocycles. The normalized spacial score (nSPS) is 12.5. The zero-order valence-corrected chi connectivity index (χ0v) is 35.3. The summed E-state index contributed by atoms with van der Waals surface area (Å²) in [6.45, 7) is 8.96. The minimum absolute atomic E-state index is 0.0644. The molecule has 2 atom stereocenters. The third-order valence-electron chi connectivity index (χ3n) is 10.7. The Labute approximate surface area is 323 Å². The van der Waals surface area contributed by atoms with E-state index in [0.717, 1.165) is 63.7 Å². The summed E-state index contributed by atoms with van der Waals surface area (Å²) < 4.78 is 16.7. The van der Waals surface area contributed by atoms with Crippen molar-refractivity contribution in [1.82, 2.24) is 0 Å². The van der Waals surface area contributed by atoms with Crippen LogP contribution in [0.1, 0.15) is 252 Å². The molecule has 0 aliphatic heterocycles. The van der Waals surface area contributed by atoms with E-state index in [2.05, 4.69) is 27.7 Å². The van der Waals surface area contributed by atoms with Crippen LogP contribution in [0.3, 0.4) is 0 Å². The largest absolute Gasteiger partial charge is 0.462 e. The third-order valence-corrected chi connectivity index (χ3v) is 10.7. The fourth-order valence-corrected chi connectivity index (χ4v) is 6.77. The zero-order chi connectivity index (χ0) is 38.2. The average molecular weight is 737 g/mol. The van der Waals surface area contributed by atoms with Crippen LogP contribution >= 0.6 is 0 Å². The number of rotatable bonds is 41. The Morgan fingerprint density at radius 3 is 1.00 bits per heavy atom. The molecule has 0 bridgehead atoms. The van der Waals surface area contributed by atoms with Gasteiger partial charge in [-0.3, -0.25) is 14.4 Å². The highest BCUT2D eigenvalue weighted by Gasteiger charge is 2.19. The molecular formula is C46H88O6. The van der Waals surface area contributed by atoms with Crippen LogP contribution in [0.4, 0.5) is 0 Å². The van der Waals surface area contributed by atoms with Crippen molar-refractivity contribution in [3.63, 3.8) is 0 Å². The lowest BCUT2D eigenvalue weighted by molar-refractivity contribution is -0.167. The molecule has 0 heterocycles. The third kappa shape index (κ3) is 38.1. The first kappa shape index (κ1) is 50.4. The first-order valence-electron chi connectivity index (χ1n) is 22.9. The van der Waals surface area contributed by atoms with E-state index in [1.807, 2.05) is 0 Å². The van der Waals surface area contributed by atoms with Gasteiger partial charge in [0.2, 0.25) is 0 Å². The maximum atomic E-state index is 12.7. The van der Waals surface area contributed by atoms with Crippen molar-refractivity contribution in [3.8, 4) is 0 Å². The first-order valence-corrected chi connectivity index (χ1v) is 22.9. The number of carbonyl (C=O) groups is 3. The van der Waals surface area contributed by atoms with Crippen molar-refractivity contribution in [2.24, 2.45) is 5.92 Å². The van der Waals surface area contributed by atoms with Gasteiger partial charge in [0, 0.05) is 19.3 Å². The fraction of sp³-hybridized carbons (Fsp3) is 0.935. The predicted molar refractivity (Wildman–Crippen MR) is 220 cm³/mol. The van der Waals surface area contributed by atoms with E-state index >= 15 is 0 Å². The zero-order valence-electron chi connectivity index (χ0n) is 35.3. The van der Waals surface area contributed by atoms with E-state index in [9.17, 15) is 14.4 Å². The molecule has 0 saturated carbocycles. The topological polar surface area (TPSA) is 78.9 Å².